The molecule has 0 fully saturated rings. The molecule has 11 nitrogen and oxygen atoms in total. The normalized spacial score (nSPS) is 18.4. The summed E-state index contributed by atoms with van der Waals surface area (Å²) in [7, 11) is -6.48. The number of ether oxygens (including phenoxy) is 1. The molecule has 2 N–H and O–H groups in total. The van der Waals surface area contributed by atoms with Gasteiger partial charge in [0.1, 0.15) is 12.1 Å². The van der Waals surface area contributed by atoms with Crippen molar-refractivity contribution in [3.05, 3.63) is 143 Å². The highest BCUT2D eigenvalue weighted by molar-refractivity contribution is 7.86. The van der Waals surface area contributed by atoms with Gasteiger partial charge < -0.3 is 9.64 Å². The Kier molecular flexibility index (Phi) is 12.8. The minimum absolute atomic E-state index is 0.304. The van der Waals surface area contributed by atoms with Gasteiger partial charge in [0, 0.05) is 54.5 Å². The van der Waals surface area contributed by atoms with E-state index in [9.17, 15) is 30.7 Å². The average Bonchev–Trinajstić information content (AvgIpc) is 3.78. The largest absolute Gasteiger partial charge is 0.443 e. The fourth-order valence-electron chi connectivity index (χ4n) is 9.58. The van der Waals surface area contributed by atoms with Crippen LogP contribution in [-0.4, -0.2) is 84.5 Å². The molecule has 338 valence electrons. The van der Waals surface area contributed by atoms with Crippen molar-refractivity contribution in [3.8, 4) is 0 Å². The Morgan fingerprint density at radius 1 is 0.750 bits per heavy atom. The predicted molar refractivity (Wildman–Crippen MR) is 258 cm³/mol. The summed E-state index contributed by atoms with van der Waals surface area (Å²) in [5.74, 6) is -0.621. The van der Waals surface area contributed by atoms with Crippen LogP contribution in [0.1, 0.15) is 85.3 Å². The van der Waals surface area contributed by atoms with E-state index >= 15 is 0 Å². The lowest BCUT2D eigenvalue weighted by atomic mass is 9.79. The number of allylic oxidation sites excluding steroid dienone is 8. The topological polar surface area (TPSA) is 145 Å². The molecule has 64 heavy (non-hydrogen) atoms. The maximum atomic E-state index is 13.9. The van der Waals surface area contributed by atoms with Crippen LogP contribution in [0.15, 0.2) is 132 Å². The first kappa shape index (κ1) is 46.6. The van der Waals surface area contributed by atoms with E-state index in [0.29, 0.717) is 44.5 Å². The summed E-state index contributed by atoms with van der Waals surface area (Å²) in [4.78, 5) is 17.7. The van der Waals surface area contributed by atoms with Crippen molar-refractivity contribution in [2.45, 2.75) is 90.6 Å². The van der Waals surface area contributed by atoms with Crippen LogP contribution in [0.3, 0.4) is 0 Å². The molecule has 0 radical (unpaired) electrons. The molecule has 0 atom stereocenters. The first-order valence-corrected chi connectivity index (χ1v) is 25.1. The number of anilines is 1. The highest BCUT2D eigenvalue weighted by Crippen LogP contribution is 2.51. The quantitative estimate of drug-likeness (QED) is 0.0718. The summed E-state index contributed by atoms with van der Waals surface area (Å²) in [6.07, 6.45) is 13.4. The van der Waals surface area contributed by atoms with Gasteiger partial charge in [0.25, 0.3) is 20.2 Å². The molecule has 2 heterocycles. The molecule has 0 saturated carbocycles. The van der Waals surface area contributed by atoms with Gasteiger partial charge in [-0.15, -0.1) is 0 Å². The molecule has 4 aromatic rings. The molecule has 4 aromatic carbocycles. The Morgan fingerprint density at radius 2 is 1.34 bits per heavy atom. The predicted octanol–water partition coefficient (Wildman–Crippen LogP) is 10.6. The van der Waals surface area contributed by atoms with E-state index in [0.717, 1.165) is 55.5 Å². The number of likely N-dealkylation sites (N-methyl/N-ethyl adjacent to an activating group) is 1. The highest BCUT2D eigenvalue weighted by Gasteiger charge is 2.46. The van der Waals surface area contributed by atoms with Crippen LogP contribution in [0.25, 0.3) is 21.5 Å². The summed E-state index contributed by atoms with van der Waals surface area (Å²) >= 11 is 0. The fraction of sp³-hybridized carbons (Fsp3) is 0.373. The lowest BCUT2D eigenvalue weighted by molar-refractivity contribution is -0.438. The van der Waals surface area contributed by atoms with E-state index in [4.69, 9.17) is 4.74 Å². The zero-order chi connectivity index (χ0) is 46.4. The van der Waals surface area contributed by atoms with Crippen molar-refractivity contribution in [3.63, 3.8) is 0 Å². The lowest BCUT2D eigenvalue weighted by Gasteiger charge is -2.28. The molecule has 0 unspecified atom stereocenters. The minimum Gasteiger partial charge on any atom is -0.443 e. The van der Waals surface area contributed by atoms with Crippen molar-refractivity contribution in [1.82, 2.24) is 4.90 Å². The molecular formula is C51H60N3O8S2+. The van der Waals surface area contributed by atoms with Gasteiger partial charge in [-0.05, 0) is 116 Å². The summed E-state index contributed by atoms with van der Waals surface area (Å²) < 4.78 is 73.5. The van der Waals surface area contributed by atoms with E-state index in [1.54, 1.807) is 11.9 Å². The standard InChI is InChI=1S/C51H59N3O8S2/c1-49(2,3)62-48(55)52(8)47-37(25-29-43-50(4,5)45-39-19-11-9-17-35(39)23-27-41(45)53(43)31-13-15-33-63(56,57)58)21-22-38(47)26-30-44-51(6,7)46-40-20-12-10-18-36(40)24-28-42(46)54(44)32-14-16-34-64(59,60)61/h9-12,17-30H,13-16,31-34H2,1-8H3,(H-,56,57,58,59,60,61)/p+1. The zero-order valence-corrected chi connectivity index (χ0v) is 39.7. The maximum absolute atomic E-state index is 13.9. The Balaban J connectivity index is 1.33. The zero-order valence-electron chi connectivity index (χ0n) is 38.1. The van der Waals surface area contributed by atoms with E-state index < -0.39 is 42.8 Å². The molecule has 0 spiro atoms. The van der Waals surface area contributed by atoms with Gasteiger partial charge in [-0.2, -0.15) is 21.4 Å². The van der Waals surface area contributed by atoms with Gasteiger partial charge in [-0.3, -0.25) is 14.0 Å². The molecule has 0 saturated heterocycles. The monoisotopic (exact) mass is 906 g/mol. The highest BCUT2D eigenvalue weighted by atomic mass is 32.2. The average molecular weight is 907 g/mol. The molecule has 0 aromatic heterocycles. The number of unbranched alkanes of at least 4 members (excludes halogenated alkanes) is 2. The van der Waals surface area contributed by atoms with Gasteiger partial charge in [-0.25, -0.2) is 4.79 Å². The number of fused-ring (bicyclic) bond motifs is 6. The second kappa shape index (κ2) is 17.6. The fourth-order valence-corrected chi connectivity index (χ4v) is 10.7. The van der Waals surface area contributed by atoms with Crippen LogP contribution in [0, 0.1) is 0 Å². The number of carbonyl (C=O) groups excluding carboxylic acids is 1. The first-order chi connectivity index (χ1) is 30.0. The lowest BCUT2D eigenvalue weighted by Crippen LogP contribution is -2.34. The third kappa shape index (κ3) is 9.68. The van der Waals surface area contributed by atoms with Gasteiger partial charge >= 0.3 is 6.09 Å². The number of hydrogen-bond donors (Lipinski definition) is 2. The van der Waals surface area contributed by atoms with Crippen LogP contribution >= 0.6 is 0 Å². The van der Waals surface area contributed by atoms with Crippen LogP contribution in [0.4, 0.5) is 16.2 Å². The Labute approximate surface area is 378 Å². The van der Waals surface area contributed by atoms with E-state index in [-0.39, 0.29) is 11.5 Å². The molecule has 2 aliphatic heterocycles. The minimum atomic E-state index is -4.09. The number of hydrogen-bond acceptors (Lipinski definition) is 7. The number of carbonyl (C=O) groups is 1. The summed E-state index contributed by atoms with van der Waals surface area (Å²) in [5.41, 5.74) is 7.00. The molecular weight excluding hydrogens is 847 g/mol. The number of benzene rings is 4. The van der Waals surface area contributed by atoms with Gasteiger partial charge in [0.2, 0.25) is 5.69 Å². The van der Waals surface area contributed by atoms with Crippen molar-refractivity contribution in [2.24, 2.45) is 0 Å². The Bertz CT molecular complexity index is 2950. The van der Waals surface area contributed by atoms with Crippen LogP contribution in [0.2, 0.25) is 0 Å². The number of nitrogens with zero attached hydrogens (tertiary/aromatic N) is 3. The van der Waals surface area contributed by atoms with Crippen LogP contribution < -0.4 is 4.90 Å². The molecule has 7 rings (SSSR count). The molecule has 3 aliphatic rings. The summed E-state index contributed by atoms with van der Waals surface area (Å²) in [6.45, 7) is 15.3. The summed E-state index contributed by atoms with van der Waals surface area (Å²) in [6, 6.07) is 25.1. The Morgan fingerprint density at radius 3 is 1.97 bits per heavy atom. The molecule has 1 aliphatic carbocycles. The van der Waals surface area contributed by atoms with Crippen molar-refractivity contribution in [2.75, 3.05) is 36.5 Å². The van der Waals surface area contributed by atoms with Crippen molar-refractivity contribution in [1.29, 1.82) is 0 Å². The van der Waals surface area contributed by atoms with E-state index in [1.807, 2.05) is 69.3 Å². The number of rotatable bonds is 14. The van der Waals surface area contributed by atoms with E-state index in [1.165, 1.54) is 11.1 Å². The van der Waals surface area contributed by atoms with Gasteiger partial charge in [0.15, 0.2) is 5.71 Å². The molecule has 13 heteroatoms. The first-order valence-electron chi connectivity index (χ1n) is 21.9. The van der Waals surface area contributed by atoms with Gasteiger partial charge in [-0.1, -0.05) is 86.7 Å². The maximum Gasteiger partial charge on any atom is 0.414 e. The molecule has 1 amide bonds. The number of amides is 1. The SMILES string of the molecule is CN(C(=O)OC(C)(C)C)C1=C(/C=C/C2=[N+](CCCCS(=O)(=O)O)c3ccc4ccccc4c3C2(C)C)C=C/C1=C\C=C1\N(CCCCS(=O)(=O)O)c2ccc3ccccc3c2C1(C)C. The second-order valence-corrected chi connectivity index (χ2v) is 22.1. The third-order valence-electron chi connectivity index (χ3n) is 12.4. The van der Waals surface area contributed by atoms with Crippen molar-refractivity contribution < 1.29 is 40.0 Å². The summed E-state index contributed by atoms with van der Waals surface area (Å²) in [5, 5.41) is 4.52. The molecule has 0 bridgehead atoms. The smallest absolute Gasteiger partial charge is 0.414 e. The Hall–Kier alpha value is -5.34. The second-order valence-electron chi connectivity index (χ2n) is 19.0. The van der Waals surface area contributed by atoms with Gasteiger partial charge in [0.05, 0.1) is 22.6 Å². The van der Waals surface area contributed by atoms with Crippen LogP contribution in [0.5, 0.6) is 0 Å². The van der Waals surface area contributed by atoms with Crippen molar-refractivity contribution >= 4 is 65.0 Å². The van der Waals surface area contributed by atoms with Crippen LogP contribution in [-0.2, 0) is 35.8 Å². The third-order valence-corrected chi connectivity index (χ3v) is 14.0. The van der Waals surface area contributed by atoms with E-state index in [2.05, 4.69) is 97.9 Å².